The number of esters is 1. The summed E-state index contributed by atoms with van der Waals surface area (Å²) in [5, 5.41) is 0. The Morgan fingerprint density at radius 3 is 2.76 bits per heavy atom. The quantitative estimate of drug-likeness (QED) is 0.486. The van der Waals surface area contributed by atoms with E-state index in [1.807, 2.05) is 0 Å². The Morgan fingerprint density at radius 2 is 2.14 bits per heavy atom. The summed E-state index contributed by atoms with van der Waals surface area (Å²) in [4.78, 5) is 29.8. The zero-order valence-corrected chi connectivity index (χ0v) is 12.4. The molecule has 0 aromatic carbocycles. The van der Waals surface area contributed by atoms with Crippen LogP contribution in [0.15, 0.2) is 37.2 Å². The molecule has 0 fully saturated rings. The molecule has 2 rings (SSSR count). The standard InChI is InChI=1S/C16H18N2O3/c1-5-8-18-13(9-14(19)21-16(2,3)4)12-10-17-7-6-11(12)15(18)20/h5-7,9-10H,1,8H2,2-4H3/b13-9+. The molecule has 0 bridgehead atoms. The first kappa shape index (κ1) is 15.0. The van der Waals surface area contributed by atoms with Crippen LogP contribution in [0.4, 0.5) is 0 Å². The molecule has 1 amide bonds. The molecule has 0 N–H and O–H groups in total. The van der Waals surface area contributed by atoms with Crippen LogP contribution in [0.3, 0.4) is 0 Å². The number of nitrogens with zero attached hydrogens (tertiary/aromatic N) is 2. The lowest BCUT2D eigenvalue weighted by atomic mass is 10.1. The van der Waals surface area contributed by atoms with E-state index in [2.05, 4.69) is 11.6 Å². The summed E-state index contributed by atoms with van der Waals surface area (Å²) < 4.78 is 5.28. The van der Waals surface area contributed by atoms with E-state index in [9.17, 15) is 9.59 Å². The summed E-state index contributed by atoms with van der Waals surface area (Å²) >= 11 is 0. The lowest BCUT2D eigenvalue weighted by Gasteiger charge is -2.20. The highest BCUT2D eigenvalue weighted by Gasteiger charge is 2.32. The van der Waals surface area contributed by atoms with E-state index in [0.717, 1.165) is 0 Å². The second-order valence-electron chi connectivity index (χ2n) is 5.69. The van der Waals surface area contributed by atoms with E-state index < -0.39 is 11.6 Å². The van der Waals surface area contributed by atoms with E-state index in [1.54, 1.807) is 45.3 Å². The lowest BCUT2D eigenvalue weighted by molar-refractivity contribution is -0.148. The fraction of sp³-hybridized carbons (Fsp3) is 0.312. The zero-order valence-electron chi connectivity index (χ0n) is 12.4. The van der Waals surface area contributed by atoms with Gasteiger partial charge in [-0.2, -0.15) is 0 Å². The number of carbonyl (C=O) groups is 2. The number of hydrogen-bond donors (Lipinski definition) is 0. The Kier molecular flexibility index (Phi) is 3.93. The van der Waals surface area contributed by atoms with Crippen LogP contribution < -0.4 is 0 Å². The van der Waals surface area contributed by atoms with Crippen molar-refractivity contribution in [2.45, 2.75) is 26.4 Å². The number of aromatic nitrogens is 1. The number of carbonyl (C=O) groups excluding carboxylic acids is 2. The third-order valence-corrected chi connectivity index (χ3v) is 2.84. The molecule has 1 aromatic rings. The largest absolute Gasteiger partial charge is 0.457 e. The number of amides is 1. The van der Waals surface area contributed by atoms with Crippen LogP contribution in [0, 0.1) is 0 Å². The van der Waals surface area contributed by atoms with Crippen LogP contribution in [-0.4, -0.2) is 33.9 Å². The molecule has 0 saturated carbocycles. The second kappa shape index (κ2) is 5.52. The average molecular weight is 286 g/mol. The van der Waals surface area contributed by atoms with Crippen molar-refractivity contribution < 1.29 is 14.3 Å². The van der Waals surface area contributed by atoms with Gasteiger partial charge in [-0.3, -0.25) is 9.78 Å². The maximum Gasteiger partial charge on any atom is 0.333 e. The van der Waals surface area contributed by atoms with E-state index >= 15 is 0 Å². The zero-order chi connectivity index (χ0) is 15.6. The predicted octanol–water partition coefficient (Wildman–Crippen LogP) is 2.41. The van der Waals surface area contributed by atoms with Crippen LogP contribution in [0.25, 0.3) is 5.70 Å². The number of pyridine rings is 1. The fourth-order valence-corrected chi connectivity index (χ4v) is 2.09. The van der Waals surface area contributed by atoms with Gasteiger partial charge in [0.05, 0.1) is 11.3 Å². The van der Waals surface area contributed by atoms with Gasteiger partial charge in [0.2, 0.25) is 0 Å². The molecule has 0 unspecified atom stereocenters. The highest BCUT2D eigenvalue weighted by Crippen LogP contribution is 2.32. The summed E-state index contributed by atoms with van der Waals surface area (Å²) in [6, 6.07) is 1.64. The third-order valence-electron chi connectivity index (χ3n) is 2.84. The SMILES string of the molecule is C=CCN1C(=O)c2ccncc2/C1=C\C(=O)OC(C)(C)C. The minimum atomic E-state index is -0.586. The van der Waals surface area contributed by atoms with Gasteiger partial charge in [-0.1, -0.05) is 6.08 Å². The molecule has 1 aliphatic heterocycles. The van der Waals surface area contributed by atoms with Crippen LogP contribution in [0.5, 0.6) is 0 Å². The molecule has 2 heterocycles. The van der Waals surface area contributed by atoms with E-state index in [0.29, 0.717) is 23.4 Å². The number of ether oxygens (including phenoxy) is 1. The molecule has 110 valence electrons. The van der Waals surface area contributed by atoms with Crippen molar-refractivity contribution in [3.8, 4) is 0 Å². The molecular formula is C16H18N2O3. The summed E-state index contributed by atoms with van der Waals surface area (Å²) in [6.45, 7) is 9.34. The lowest BCUT2D eigenvalue weighted by Crippen LogP contribution is -2.26. The predicted molar refractivity (Wildman–Crippen MR) is 79.3 cm³/mol. The highest BCUT2D eigenvalue weighted by atomic mass is 16.6. The third kappa shape index (κ3) is 3.18. The normalized spacial score (nSPS) is 16.0. The Hall–Kier alpha value is -2.43. The minimum absolute atomic E-state index is 0.165. The summed E-state index contributed by atoms with van der Waals surface area (Å²) in [5.74, 6) is -0.654. The van der Waals surface area contributed by atoms with E-state index in [1.165, 1.54) is 11.0 Å². The van der Waals surface area contributed by atoms with Gasteiger partial charge >= 0.3 is 5.97 Å². The average Bonchev–Trinajstić information content (AvgIpc) is 2.63. The van der Waals surface area contributed by atoms with Crippen LogP contribution >= 0.6 is 0 Å². The number of hydrogen-bond acceptors (Lipinski definition) is 4. The Morgan fingerprint density at radius 1 is 1.43 bits per heavy atom. The van der Waals surface area contributed by atoms with Crippen LogP contribution in [0.2, 0.25) is 0 Å². The molecule has 5 nitrogen and oxygen atoms in total. The number of fused-ring (bicyclic) bond motifs is 1. The first-order valence-corrected chi connectivity index (χ1v) is 6.65. The molecule has 0 radical (unpaired) electrons. The maximum absolute atomic E-state index is 12.3. The van der Waals surface area contributed by atoms with Gasteiger partial charge in [0, 0.05) is 30.6 Å². The van der Waals surface area contributed by atoms with Crippen molar-refractivity contribution in [1.29, 1.82) is 0 Å². The molecular weight excluding hydrogens is 268 g/mol. The molecule has 1 aromatic heterocycles. The molecule has 0 spiro atoms. The Balaban J connectivity index is 2.41. The van der Waals surface area contributed by atoms with E-state index in [-0.39, 0.29) is 5.91 Å². The van der Waals surface area contributed by atoms with Crippen LogP contribution in [0.1, 0.15) is 36.7 Å². The van der Waals surface area contributed by atoms with Crippen molar-refractivity contribution in [1.82, 2.24) is 9.88 Å². The first-order valence-electron chi connectivity index (χ1n) is 6.65. The summed E-state index contributed by atoms with van der Waals surface area (Å²) in [5.41, 5.74) is 1.08. The highest BCUT2D eigenvalue weighted by molar-refractivity contribution is 6.11. The fourth-order valence-electron chi connectivity index (χ4n) is 2.09. The summed E-state index contributed by atoms with van der Waals surface area (Å²) in [7, 11) is 0. The van der Waals surface area contributed by atoms with Crippen molar-refractivity contribution in [2.75, 3.05) is 6.54 Å². The van der Waals surface area contributed by atoms with Crippen molar-refractivity contribution >= 4 is 17.6 Å². The molecule has 0 atom stereocenters. The van der Waals surface area contributed by atoms with Crippen molar-refractivity contribution in [3.05, 3.63) is 48.3 Å². The van der Waals surface area contributed by atoms with Gasteiger partial charge in [-0.15, -0.1) is 6.58 Å². The minimum Gasteiger partial charge on any atom is -0.457 e. The molecule has 1 aliphatic rings. The van der Waals surface area contributed by atoms with Gasteiger partial charge in [0.15, 0.2) is 0 Å². The molecule has 0 saturated heterocycles. The topological polar surface area (TPSA) is 59.5 Å². The summed E-state index contributed by atoms with van der Waals surface area (Å²) in [6.07, 6.45) is 6.08. The van der Waals surface area contributed by atoms with Gasteiger partial charge in [-0.25, -0.2) is 4.79 Å². The van der Waals surface area contributed by atoms with Crippen LogP contribution in [-0.2, 0) is 9.53 Å². The molecule has 21 heavy (non-hydrogen) atoms. The van der Waals surface area contributed by atoms with Gasteiger partial charge in [-0.05, 0) is 26.8 Å². The Bertz CT molecular complexity index is 627. The van der Waals surface area contributed by atoms with Crippen molar-refractivity contribution in [2.24, 2.45) is 0 Å². The van der Waals surface area contributed by atoms with E-state index in [4.69, 9.17) is 4.74 Å². The molecule has 5 heteroatoms. The van der Waals surface area contributed by atoms with Gasteiger partial charge in [0.25, 0.3) is 5.91 Å². The Labute approximate surface area is 123 Å². The van der Waals surface area contributed by atoms with Gasteiger partial charge in [0.1, 0.15) is 5.60 Å². The smallest absolute Gasteiger partial charge is 0.333 e. The monoisotopic (exact) mass is 286 g/mol. The van der Waals surface area contributed by atoms with Crippen molar-refractivity contribution in [3.63, 3.8) is 0 Å². The molecule has 0 aliphatic carbocycles. The first-order chi connectivity index (χ1) is 9.83. The van der Waals surface area contributed by atoms with Gasteiger partial charge < -0.3 is 9.64 Å². The number of rotatable bonds is 3. The maximum atomic E-state index is 12.3. The second-order valence-corrected chi connectivity index (χ2v) is 5.69.